The van der Waals surface area contributed by atoms with Crippen molar-refractivity contribution in [1.82, 2.24) is 5.43 Å². The highest BCUT2D eigenvalue weighted by atomic mass is 16.5. The Morgan fingerprint density at radius 3 is 2.05 bits per heavy atom. The zero-order chi connectivity index (χ0) is 15.4. The van der Waals surface area contributed by atoms with E-state index >= 15 is 0 Å². The van der Waals surface area contributed by atoms with Crippen LogP contribution in [0.25, 0.3) is 0 Å². The summed E-state index contributed by atoms with van der Waals surface area (Å²) in [7, 11) is 1.79. The van der Waals surface area contributed by atoms with Crippen LogP contribution in [0.1, 0.15) is 73.1 Å². The molecule has 1 fully saturated rings. The van der Waals surface area contributed by atoms with Crippen molar-refractivity contribution in [3.8, 4) is 0 Å². The predicted molar refractivity (Wildman–Crippen MR) is 86.3 cm³/mol. The van der Waals surface area contributed by atoms with E-state index in [9.17, 15) is 0 Å². The minimum Gasteiger partial charge on any atom is -0.379 e. The first-order chi connectivity index (χ1) is 9.19. The van der Waals surface area contributed by atoms with Gasteiger partial charge < -0.3 is 4.74 Å². The third-order valence-corrected chi connectivity index (χ3v) is 5.39. The molecule has 1 rings (SSSR count). The summed E-state index contributed by atoms with van der Waals surface area (Å²) in [4.78, 5) is 0. The van der Waals surface area contributed by atoms with Crippen LogP contribution in [0, 0.1) is 17.3 Å². The molecule has 0 bridgehead atoms. The van der Waals surface area contributed by atoms with Gasteiger partial charge in [-0.05, 0) is 69.6 Å². The van der Waals surface area contributed by atoms with Gasteiger partial charge in [0.2, 0.25) is 0 Å². The Bertz CT molecular complexity index is 275. The molecular formula is C17H36N2O. The highest BCUT2D eigenvalue weighted by molar-refractivity contribution is 4.86. The molecular weight excluding hydrogens is 248 g/mol. The molecule has 120 valence electrons. The quantitative estimate of drug-likeness (QED) is 0.575. The van der Waals surface area contributed by atoms with Gasteiger partial charge in [0, 0.05) is 13.2 Å². The lowest BCUT2D eigenvalue weighted by Crippen LogP contribution is -2.44. The number of rotatable bonds is 6. The summed E-state index contributed by atoms with van der Waals surface area (Å²) < 4.78 is 5.51. The number of nitrogens with one attached hydrogen (secondary N) is 1. The van der Waals surface area contributed by atoms with Crippen LogP contribution in [0.2, 0.25) is 0 Å². The first-order valence-corrected chi connectivity index (χ1v) is 8.21. The van der Waals surface area contributed by atoms with Gasteiger partial charge in [-0.3, -0.25) is 11.3 Å². The van der Waals surface area contributed by atoms with Crippen LogP contribution >= 0.6 is 0 Å². The van der Waals surface area contributed by atoms with E-state index < -0.39 is 0 Å². The summed E-state index contributed by atoms with van der Waals surface area (Å²) in [5.41, 5.74) is 3.48. The van der Waals surface area contributed by atoms with Crippen LogP contribution in [-0.4, -0.2) is 18.8 Å². The first kappa shape index (κ1) is 17.9. The largest absolute Gasteiger partial charge is 0.379 e. The average molecular weight is 284 g/mol. The van der Waals surface area contributed by atoms with E-state index in [2.05, 4.69) is 40.0 Å². The lowest BCUT2D eigenvalue weighted by atomic mass is 9.68. The number of hydrazine groups is 1. The van der Waals surface area contributed by atoms with Crippen LogP contribution in [-0.2, 0) is 4.74 Å². The Hall–Kier alpha value is -0.120. The fourth-order valence-corrected chi connectivity index (χ4v) is 3.45. The van der Waals surface area contributed by atoms with Crippen molar-refractivity contribution in [3.63, 3.8) is 0 Å². The van der Waals surface area contributed by atoms with Crippen LogP contribution in [0.3, 0.4) is 0 Å². The SMILES string of the molecule is COC(C)(C)CCC(NN)C1CCC(C(C)(C)C)CC1. The summed E-state index contributed by atoms with van der Waals surface area (Å²) in [5.74, 6) is 7.40. The van der Waals surface area contributed by atoms with Gasteiger partial charge in [0.15, 0.2) is 0 Å². The maximum Gasteiger partial charge on any atom is 0.0623 e. The number of ether oxygens (including phenoxy) is 1. The second-order valence-corrected chi connectivity index (χ2v) is 8.25. The topological polar surface area (TPSA) is 47.3 Å². The van der Waals surface area contributed by atoms with Gasteiger partial charge in [0.05, 0.1) is 5.60 Å². The van der Waals surface area contributed by atoms with Crippen LogP contribution in [0.4, 0.5) is 0 Å². The van der Waals surface area contributed by atoms with Gasteiger partial charge in [-0.1, -0.05) is 20.8 Å². The molecule has 0 saturated heterocycles. The lowest BCUT2D eigenvalue weighted by Gasteiger charge is -2.40. The van der Waals surface area contributed by atoms with E-state index in [0.717, 1.165) is 24.7 Å². The van der Waals surface area contributed by atoms with Crippen molar-refractivity contribution < 1.29 is 4.74 Å². The molecule has 1 atom stereocenters. The summed E-state index contributed by atoms with van der Waals surface area (Å²) >= 11 is 0. The van der Waals surface area contributed by atoms with Gasteiger partial charge in [-0.2, -0.15) is 0 Å². The highest BCUT2D eigenvalue weighted by Gasteiger charge is 2.33. The van der Waals surface area contributed by atoms with Gasteiger partial charge in [-0.25, -0.2) is 0 Å². The lowest BCUT2D eigenvalue weighted by molar-refractivity contribution is 0.00872. The zero-order valence-electron chi connectivity index (χ0n) is 14.5. The standard InChI is InChI=1S/C17H36N2O/c1-16(2,3)14-9-7-13(8-10-14)15(19-18)11-12-17(4,5)20-6/h13-15,19H,7-12,18H2,1-6H3. The first-order valence-electron chi connectivity index (χ1n) is 8.21. The second kappa shape index (κ2) is 7.24. The van der Waals surface area contributed by atoms with Gasteiger partial charge >= 0.3 is 0 Å². The molecule has 0 amide bonds. The molecule has 3 N–H and O–H groups in total. The fraction of sp³-hybridized carbons (Fsp3) is 1.00. The van der Waals surface area contributed by atoms with Gasteiger partial charge in [0.1, 0.15) is 0 Å². The van der Waals surface area contributed by atoms with Gasteiger partial charge in [0.25, 0.3) is 0 Å². The van der Waals surface area contributed by atoms with Crippen molar-refractivity contribution >= 4 is 0 Å². The summed E-state index contributed by atoms with van der Waals surface area (Å²) in [6.07, 6.45) is 7.47. The third kappa shape index (κ3) is 5.34. The van der Waals surface area contributed by atoms with Gasteiger partial charge in [-0.15, -0.1) is 0 Å². The Labute approximate surface area is 126 Å². The van der Waals surface area contributed by atoms with Crippen molar-refractivity contribution in [2.24, 2.45) is 23.1 Å². The van der Waals surface area contributed by atoms with Crippen LogP contribution in [0.5, 0.6) is 0 Å². The van der Waals surface area contributed by atoms with Crippen LogP contribution < -0.4 is 11.3 Å². The summed E-state index contributed by atoms with van der Waals surface area (Å²) in [6, 6.07) is 0.436. The maximum absolute atomic E-state index is 5.80. The summed E-state index contributed by atoms with van der Waals surface area (Å²) in [5, 5.41) is 0. The minimum atomic E-state index is -0.0439. The van der Waals surface area contributed by atoms with Crippen molar-refractivity contribution in [1.29, 1.82) is 0 Å². The van der Waals surface area contributed by atoms with Crippen LogP contribution in [0.15, 0.2) is 0 Å². The van der Waals surface area contributed by atoms with Crippen molar-refractivity contribution in [2.45, 2.75) is 84.8 Å². The Balaban J connectivity index is 2.45. The molecule has 0 radical (unpaired) electrons. The van der Waals surface area contributed by atoms with E-state index in [0.29, 0.717) is 11.5 Å². The maximum atomic E-state index is 5.80. The highest BCUT2D eigenvalue weighted by Crippen LogP contribution is 2.41. The number of methoxy groups -OCH3 is 1. The molecule has 3 nitrogen and oxygen atoms in total. The molecule has 0 heterocycles. The average Bonchev–Trinajstić information content (AvgIpc) is 2.39. The molecule has 1 aliphatic rings. The molecule has 0 aromatic heterocycles. The molecule has 3 heteroatoms. The number of hydrogen-bond acceptors (Lipinski definition) is 3. The van der Waals surface area contributed by atoms with E-state index in [1.807, 2.05) is 0 Å². The molecule has 0 aromatic rings. The fourth-order valence-electron chi connectivity index (χ4n) is 3.45. The Kier molecular flexibility index (Phi) is 6.49. The molecule has 0 spiro atoms. The van der Waals surface area contributed by atoms with E-state index in [-0.39, 0.29) is 5.60 Å². The monoisotopic (exact) mass is 284 g/mol. The molecule has 1 unspecified atom stereocenters. The number of nitrogens with two attached hydrogens (primary N) is 1. The van der Waals surface area contributed by atoms with E-state index in [1.54, 1.807) is 7.11 Å². The minimum absolute atomic E-state index is 0.0439. The predicted octanol–water partition coefficient (Wildman–Crippen LogP) is 3.88. The van der Waals surface area contributed by atoms with E-state index in [4.69, 9.17) is 10.6 Å². The summed E-state index contributed by atoms with van der Waals surface area (Å²) in [6.45, 7) is 11.4. The normalized spacial score (nSPS) is 26.6. The van der Waals surface area contributed by atoms with E-state index in [1.165, 1.54) is 25.7 Å². The third-order valence-electron chi connectivity index (χ3n) is 5.39. The molecule has 0 aromatic carbocycles. The molecule has 1 aliphatic carbocycles. The second-order valence-electron chi connectivity index (χ2n) is 8.25. The molecule has 20 heavy (non-hydrogen) atoms. The molecule has 1 saturated carbocycles. The Morgan fingerprint density at radius 1 is 1.10 bits per heavy atom. The Morgan fingerprint density at radius 2 is 1.65 bits per heavy atom. The zero-order valence-corrected chi connectivity index (χ0v) is 14.5. The number of hydrogen-bond donors (Lipinski definition) is 2. The smallest absolute Gasteiger partial charge is 0.0623 e. The van der Waals surface area contributed by atoms with Crippen molar-refractivity contribution in [2.75, 3.05) is 7.11 Å². The van der Waals surface area contributed by atoms with Crippen molar-refractivity contribution in [3.05, 3.63) is 0 Å². The molecule has 0 aliphatic heterocycles.